The van der Waals surface area contributed by atoms with Crippen LogP contribution in [0, 0.1) is 6.92 Å². The number of carbonyl (C=O) groups is 1. The van der Waals surface area contributed by atoms with Crippen LogP contribution in [0.1, 0.15) is 36.7 Å². The summed E-state index contributed by atoms with van der Waals surface area (Å²) in [6.07, 6.45) is 0. The molecule has 1 aliphatic rings. The van der Waals surface area contributed by atoms with Gasteiger partial charge in [-0.2, -0.15) is 0 Å². The molecule has 110 valence electrons. The quantitative estimate of drug-likeness (QED) is 0.792. The Hall–Kier alpha value is -1.19. The van der Waals surface area contributed by atoms with Crippen LogP contribution in [-0.2, 0) is 0 Å². The Labute approximate surface area is 122 Å². The fourth-order valence-corrected chi connectivity index (χ4v) is 2.89. The van der Waals surface area contributed by atoms with Gasteiger partial charge in [0.05, 0.1) is 6.04 Å². The first-order chi connectivity index (χ1) is 9.40. The molecular formula is C17H26N2O. The van der Waals surface area contributed by atoms with E-state index in [9.17, 15) is 4.79 Å². The fraction of sp³-hybridized carbons (Fsp3) is 0.588. The zero-order valence-electron chi connectivity index (χ0n) is 13.3. The summed E-state index contributed by atoms with van der Waals surface area (Å²) in [6, 6.07) is 8.84. The summed E-state index contributed by atoms with van der Waals surface area (Å²) in [5.41, 5.74) is 2.01. The van der Waals surface area contributed by atoms with E-state index >= 15 is 0 Å². The van der Waals surface area contributed by atoms with Gasteiger partial charge in [0, 0.05) is 30.7 Å². The van der Waals surface area contributed by atoms with Crippen LogP contribution in [0.2, 0.25) is 0 Å². The molecule has 1 saturated heterocycles. The number of aryl methyl sites for hydroxylation is 1. The third-order valence-electron chi connectivity index (χ3n) is 4.65. The molecule has 0 bridgehead atoms. The third-order valence-corrected chi connectivity index (χ3v) is 4.65. The zero-order valence-corrected chi connectivity index (χ0v) is 13.3. The predicted molar refractivity (Wildman–Crippen MR) is 83.2 cm³/mol. The molecule has 3 unspecified atom stereocenters. The Bertz CT molecular complexity index is 456. The van der Waals surface area contributed by atoms with Crippen LogP contribution in [-0.4, -0.2) is 53.8 Å². The Morgan fingerprint density at radius 2 is 1.65 bits per heavy atom. The molecule has 0 spiro atoms. The van der Waals surface area contributed by atoms with Crippen LogP contribution < -0.4 is 0 Å². The molecule has 3 atom stereocenters. The van der Waals surface area contributed by atoms with Crippen molar-refractivity contribution in [3.63, 3.8) is 0 Å². The maximum absolute atomic E-state index is 12.6. The Morgan fingerprint density at radius 1 is 1.15 bits per heavy atom. The Balaban J connectivity index is 2.09. The van der Waals surface area contributed by atoms with Crippen molar-refractivity contribution in [1.82, 2.24) is 9.80 Å². The lowest BCUT2D eigenvalue weighted by Crippen LogP contribution is -2.58. The van der Waals surface area contributed by atoms with Gasteiger partial charge in [-0.25, -0.2) is 0 Å². The predicted octanol–water partition coefficient (Wildman–Crippen LogP) is 2.59. The molecule has 0 aliphatic carbocycles. The van der Waals surface area contributed by atoms with Crippen LogP contribution in [0.5, 0.6) is 0 Å². The van der Waals surface area contributed by atoms with Crippen LogP contribution >= 0.6 is 0 Å². The number of hydrogen-bond acceptors (Lipinski definition) is 3. The molecule has 20 heavy (non-hydrogen) atoms. The highest BCUT2D eigenvalue weighted by molar-refractivity contribution is 5.99. The maximum Gasteiger partial charge on any atom is 0.179 e. The lowest BCUT2D eigenvalue weighted by Gasteiger charge is -2.44. The summed E-state index contributed by atoms with van der Waals surface area (Å²) in [5.74, 6) is 0.231. The van der Waals surface area contributed by atoms with E-state index < -0.39 is 0 Å². The largest absolute Gasteiger partial charge is 0.298 e. The molecule has 3 nitrogen and oxygen atoms in total. The molecule has 1 heterocycles. The summed E-state index contributed by atoms with van der Waals surface area (Å²) < 4.78 is 0. The van der Waals surface area contributed by atoms with Gasteiger partial charge in [0.25, 0.3) is 0 Å². The van der Waals surface area contributed by atoms with Crippen LogP contribution in [0.25, 0.3) is 0 Å². The van der Waals surface area contributed by atoms with Gasteiger partial charge < -0.3 is 0 Å². The van der Waals surface area contributed by atoms with Gasteiger partial charge in [0.1, 0.15) is 0 Å². The van der Waals surface area contributed by atoms with Gasteiger partial charge in [0.15, 0.2) is 5.78 Å². The van der Waals surface area contributed by atoms with Gasteiger partial charge in [-0.15, -0.1) is 0 Å². The Morgan fingerprint density at radius 3 is 2.15 bits per heavy atom. The van der Waals surface area contributed by atoms with E-state index in [1.54, 1.807) is 0 Å². The van der Waals surface area contributed by atoms with Gasteiger partial charge in [0.2, 0.25) is 0 Å². The minimum atomic E-state index is -0.0451. The average molecular weight is 274 g/mol. The summed E-state index contributed by atoms with van der Waals surface area (Å²) in [7, 11) is 2.17. The minimum Gasteiger partial charge on any atom is -0.298 e. The summed E-state index contributed by atoms with van der Waals surface area (Å²) >= 11 is 0. The summed E-state index contributed by atoms with van der Waals surface area (Å²) in [6.45, 7) is 10.4. The number of benzene rings is 1. The zero-order chi connectivity index (χ0) is 14.9. The lowest BCUT2D eigenvalue weighted by molar-refractivity contribution is 0.0355. The minimum absolute atomic E-state index is 0.0451. The van der Waals surface area contributed by atoms with Gasteiger partial charge in [-0.05, 0) is 34.7 Å². The van der Waals surface area contributed by atoms with Crippen molar-refractivity contribution in [1.29, 1.82) is 0 Å². The second-order valence-electron chi connectivity index (χ2n) is 6.22. The molecule has 2 rings (SSSR count). The average Bonchev–Trinajstić information content (AvgIpc) is 2.43. The number of piperazine rings is 1. The second-order valence-corrected chi connectivity index (χ2v) is 6.22. The Kier molecular flexibility index (Phi) is 4.61. The van der Waals surface area contributed by atoms with E-state index in [2.05, 4.69) is 30.7 Å². The van der Waals surface area contributed by atoms with Crippen molar-refractivity contribution in [3.05, 3.63) is 35.4 Å². The number of likely N-dealkylation sites (N-methyl/N-ethyl adjacent to an activating group) is 1. The number of carbonyl (C=O) groups excluding carboxylic acids is 1. The van der Waals surface area contributed by atoms with E-state index in [0.29, 0.717) is 12.1 Å². The number of Topliss-reactive ketones (excluding diaryl/α,β-unsaturated/α-hetero) is 1. The molecule has 1 aromatic carbocycles. The van der Waals surface area contributed by atoms with Crippen LogP contribution in [0.3, 0.4) is 0 Å². The van der Waals surface area contributed by atoms with Crippen molar-refractivity contribution in [3.8, 4) is 0 Å². The monoisotopic (exact) mass is 274 g/mol. The van der Waals surface area contributed by atoms with Crippen LogP contribution in [0.4, 0.5) is 0 Å². The first-order valence-corrected chi connectivity index (χ1v) is 7.47. The van der Waals surface area contributed by atoms with E-state index in [0.717, 1.165) is 18.7 Å². The topological polar surface area (TPSA) is 23.6 Å². The highest BCUT2D eigenvalue weighted by atomic mass is 16.1. The van der Waals surface area contributed by atoms with Crippen molar-refractivity contribution < 1.29 is 4.79 Å². The molecule has 0 amide bonds. The summed E-state index contributed by atoms with van der Waals surface area (Å²) in [5, 5.41) is 0. The number of nitrogens with zero attached hydrogens (tertiary/aromatic N) is 2. The first kappa shape index (κ1) is 15.2. The molecule has 1 fully saturated rings. The van der Waals surface area contributed by atoms with Gasteiger partial charge >= 0.3 is 0 Å². The van der Waals surface area contributed by atoms with Crippen molar-refractivity contribution >= 4 is 5.78 Å². The molecule has 0 saturated carbocycles. The highest BCUT2D eigenvalue weighted by Crippen LogP contribution is 2.18. The highest BCUT2D eigenvalue weighted by Gasteiger charge is 2.31. The van der Waals surface area contributed by atoms with E-state index in [4.69, 9.17) is 0 Å². The molecule has 0 radical (unpaired) electrons. The number of ketones is 1. The smallest absolute Gasteiger partial charge is 0.179 e. The van der Waals surface area contributed by atoms with E-state index in [1.807, 2.05) is 38.1 Å². The van der Waals surface area contributed by atoms with Crippen molar-refractivity contribution in [2.24, 2.45) is 0 Å². The standard InChI is InChI=1S/C17H26N2O/c1-12-6-8-16(9-7-12)17(20)15(4)19-10-13(2)18(5)14(3)11-19/h6-9,13-15H,10-11H2,1-5H3. The summed E-state index contributed by atoms with van der Waals surface area (Å²) in [4.78, 5) is 17.3. The molecular weight excluding hydrogens is 248 g/mol. The maximum atomic E-state index is 12.6. The SMILES string of the molecule is Cc1ccc(C(=O)C(C)N2CC(C)N(C)C(C)C2)cc1. The van der Waals surface area contributed by atoms with Gasteiger partial charge in [-0.1, -0.05) is 29.8 Å². The molecule has 1 aromatic rings. The van der Waals surface area contributed by atoms with E-state index in [1.165, 1.54) is 5.56 Å². The molecule has 1 aliphatic heterocycles. The molecule has 0 aromatic heterocycles. The number of rotatable bonds is 3. The lowest BCUT2D eigenvalue weighted by atomic mass is 10.00. The number of hydrogen-bond donors (Lipinski definition) is 0. The van der Waals surface area contributed by atoms with Crippen molar-refractivity contribution in [2.45, 2.75) is 45.8 Å². The fourth-order valence-electron chi connectivity index (χ4n) is 2.89. The normalized spacial score (nSPS) is 26.4. The first-order valence-electron chi connectivity index (χ1n) is 7.47. The van der Waals surface area contributed by atoms with E-state index in [-0.39, 0.29) is 11.8 Å². The molecule has 3 heteroatoms. The second kappa shape index (κ2) is 6.06. The molecule has 0 N–H and O–H groups in total. The van der Waals surface area contributed by atoms with Crippen LogP contribution in [0.15, 0.2) is 24.3 Å². The van der Waals surface area contributed by atoms with Crippen molar-refractivity contribution in [2.75, 3.05) is 20.1 Å². The third kappa shape index (κ3) is 3.10. The van der Waals surface area contributed by atoms with Gasteiger partial charge in [-0.3, -0.25) is 14.6 Å².